The summed E-state index contributed by atoms with van der Waals surface area (Å²) in [4.78, 5) is 14.5. The molecule has 1 saturated heterocycles. The van der Waals surface area contributed by atoms with E-state index in [0.717, 1.165) is 66.8 Å². The number of nitrogens with zero attached hydrogens (tertiary/aromatic N) is 3. The zero-order valence-corrected chi connectivity index (χ0v) is 23.7. The maximum Gasteiger partial charge on any atom is 0.411 e. The third-order valence-corrected chi connectivity index (χ3v) is 8.06. The van der Waals surface area contributed by atoms with Crippen LogP contribution in [0.25, 0.3) is 22.2 Å². The maximum absolute atomic E-state index is 12.0. The van der Waals surface area contributed by atoms with Crippen molar-refractivity contribution in [3.63, 3.8) is 0 Å². The number of nitriles is 1. The molecule has 2 heterocycles. The Hall–Kier alpha value is -4.28. The summed E-state index contributed by atoms with van der Waals surface area (Å²) in [6.45, 7) is 6.48. The average molecular weight is 549 g/mol. The molecule has 7 nitrogen and oxygen atoms in total. The van der Waals surface area contributed by atoms with Gasteiger partial charge in [0, 0.05) is 42.8 Å². The molecule has 2 aliphatic rings. The first kappa shape index (κ1) is 26.9. The molecule has 0 spiro atoms. The summed E-state index contributed by atoms with van der Waals surface area (Å²) >= 11 is 0. The molecular formula is C34H36N4O3. The van der Waals surface area contributed by atoms with E-state index in [4.69, 9.17) is 9.47 Å². The number of nitrogens with one attached hydrogen (secondary N) is 1. The molecule has 1 aliphatic carbocycles. The first-order chi connectivity index (χ1) is 20.0. The molecule has 0 radical (unpaired) electrons. The molecule has 3 aromatic carbocycles. The number of hydrogen-bond acceptors (Lipinski definition) is 5. The highest BCUT2D eigenvalue weighted by Crippen LogP contribution is 2.43. The number of carbonyl (C=O) groups excluding carboxylic acids is 1. The van der Waals surface area contributed by atoms with E-state index in [0.29, 0.717) is 17.3 Å². The van der Waals surface area contributed by atoms with Crippen molar-refractivity contribution >= 4 is 22.7 Å². The third kappa shape index (κ3) is 5.79. The van der Waals surface area contributed by atoms with Crippen LogP contribution in [-0.4, -0.2) is 40.9 Å². The van der Waals surface area contributed by atoms with Gasteiger partial charge in [0.1, 0.15) is 17.9 Å². The van der Waals surface area contributed by atoms with Crippen LogP contribution in [0.1, 0.15) is 56.7 Å². The van der Waals surface area contributed by atoms with Crippen molar-refractivity contribution in [2.45, 2.75) is 64.3 Å². The fraction of sp³-hybridized carbons (Fsp3) is 0.353. The van der Waals surface area contributed by atoms with E-state index in [-0.39, 0.29) is 12.2 Å². The summed E-state index contributed by atoms with van der Waals surface area (Å²) in [7, 11) is 0. The second-order valence-electron chi connectivity index (χ2n) is 11.4. The molecule has 1 unspecified atom stereocenters. The lowest BCUT2D eigenvalue weighted by molar-refractivity contribution is 0.130. The number of likely N-dealkylation sites (tertiary alicyclic amines) is 1. The lowest BCUT2D eigenvalue weighted by atomic mass is 9.92. The number of benzene rings is 3. The highest BCUT2D eigenvalue weighted by atomic mass is 16.6. The van der Waals surface area contributed by atoms with Crippen molar-refractivity contribution in [1.29, 1.82) is 5.26 Å². The molecule has 1 aromatic heterocycles. The summed E-state index contributed by atoms with van der Waals surface area (Å²) < 4.78 is 14.1. The molecule has 6 rings (SSSR count). The molecule has 210 valence electrons. The van der Waals surface area contributed by atoms with Crippen molar-refractivity contribution in [3.8, 4) is 23.1 Å². The first-order valence-electron chi connectivity index (χ1n) is 14.6. The highest BCUT2D eigenvalue weighted by Gasteiger charge is 2.29. The van der Waals surface area contributed by atoms with E-state index >= 15 is 0 Å². The van der Waals surface area contributed by atoms with Gasteiger partial charge in [-0.25, -0.2) is 4.79 Å². The number of anilines is 1. The predicted molar refractivity (Wildman–Crippen MR) is 161 cm³/mol. The Morgan fingerprint density at radius 2 is 1.83 bits per heavy atom. The molecule has 1 atom stereocenters. The third-order valence-electron chi connectivity index (χ3n) is 8.06. The van der Waals surface area contributed by atoms with E-state index < -0.39 is 6.09 Å². The zero-order valence-electron chi connectivity index (χ0n) is 23.7. The molecule has 1 amide bonds. The van der Waals surface area contributed by atoms with Crippen molar-refractivity contribution < 1.29 is 14.3 Å². The highest BCUT2D eigenvalue weighted by molar-refractivity contribution is 5.96. The molecule has 4 aromatic rings. The Labute approximate surface area is 241 Å². The normalized spacial score (nSPS) is 17.4. The topological polar surface area (TPSA) is 79.5 Å². The van der Waals surface area contributed by atoms with E-state index in [9.17, 15) is 10.1 Å². The fourth-order valence-corrected chi connectivity index (χ4v) is 5.93. The molecule has 41 heavy (non-hydrogen) atoms. The standard InChI is InChI=1S/C34H36N4O3/c1-23(2)40-34(39)36-26-13-11-25(12-14-26)33-31(20-35)30-16-15-28(19-32(30)38(33)27-9-6-10-27)41-29-17-18-37(22-29)21-24-7-4-3-5-8-24/h3-5,7-8,11-16,19,23,27,29H,6,9-10,17-18,21-22H2,1-2H3,(H,36,39). The van der Waals surface area contributed by atoms with Crippen LogP contribution in [0.2, 0.25) is 0 Å². The van der Waals surface area contributed by atoms with Gasteiger partial charge in [0.15, 0.2) is 0 Å². The molecule has 1 saturated carbocycles. The van der Waals surface area contributed by atoms with Crippen LogP contribution in [0, 0.1) is 11.3 Å². The Bertz CT molecular complexity index is 1570. The molecule has 2 fully saturated rings. The van der Waals surface area contributed by atoms with Crippen LogP contribution >= 0.6 is 0 Å². The number of fused-ring (bicyclic) bond motifs is 1. The molecule has 7 heteroatoms. The maximum atomic E-state index is 12.0. The van der Waals surface area contributed by atoms with Gasteiger partial charge in [-0.05, 0) is 74.9 Å². The van der Waals surface area contributed by atoms with Crippen LogP contribution in [0.5, 0.6) is 5.75 Å². The Morgan fingerprint density at radius 3 is 2.51 bits per heavy atom. The van der Waals surface area contributed by atoms with Gasteiger partial charge in [-0.3, -0.25) is 10.2 Å². The number of rotatable bonds is 8. The van der Waals surface area contributed by atoms with Gasteiger partial charge in [-0.2, -0.15) is 5.26 Å². The number of hydrogen-bond donors (Lipinski definition) is 1. The monoisotopic (exact) mass is 548 g/mol. The molecule has 1 aliphatic heterocycles. The van der Waals surface area contributed by atoms with Crippen LogP contribution < -0.4 is 10.1 Å². The van der Waals surface area contributed by atoms with Gasteiger partial charge in [-0.1, -0.05) is 42.5 Å². The lowest BCUT2D eigenvalue weighted by Gasteiger charge is -2.30. The molecular weight excluding hydrogens is 512 g/mol. The second-order valence-corrected chi connectivity index (χ2v) is 11.4. The number of aromatic nitrogens is 1. The summed E-state index contributed by atoms with van der Waals surface area (Å²) in [5.41, 5.74) is 5.56. The summed E-state index contributed by atoms with van der Waals surface area (Å²) in [6, 6.07) is 27.2. The van der Waals surface area contributed by atoms with E-state index in [1.807, 2.05) is 50.2 Å². The second kappa shape index (κ2) is 11.7. The van der Waals surface area contributed by atoms with E-state index in [2.05, 4.69) is 57.3 Å². The minimum atomic E-state index is -0.480. The summed E-state index contributed by atoms with van der Waals surface area (Å²) in [6.07, 6.45) is 3.82. The molecule has 1 N–H and O–H groups in total. The van der Waals surface area contributed by atoms with Gasteiger partial charge < -0.3 is 14.0 Å². The first-order valence-corrected chi connectivity index (χ1v) is 14.6. The van der Waals surface area contributed by atoms with Crippen molar-refractivity contribution in [2.75, 3.05) is 18.4 Å². The lowest BCUT2D eigenvalue weighted by Crippen LogP contribution is -2.24. The average Bonchev–Trinajstić information content (AvgIpc) is 3.50. The predicted octanol–water partition coefficient (Wildman–Crippen LogP) is 7.52. The van der Waals surface area contributed by atoms with Crippen LogP contribution in [0.15, 0.2) is 72.8 Å². The minimum Gasteiger partial charge on any atom is -0.489 e. The van der Waals surface area contributed by atoms with Gasteiger partial charge >= 0.3 is 6.09 Å². The van der Waals surface area contributed by atoms with Crippen LogP contribution in [0.4, 0.5) is 10.5 Å². The molecule has 0 bridgehead atoms. The Balaban J connectivity index is 1.26. The SMILES string of the molecule is CC(C)OC(=O)Nc1ccc(-c2c(C#N)c3ccc(OC4CCN(Cc5ccccc5)C4)cc3n2C2CCC2)cc1. The minimum absolute atomic E-state index is 0.139. The van der Waals surface area contributed by atoms with Gasteiger partial charge in [-0.15, -0.1) is 0 Å². The van der Waals surface area contributed by atoms with Crippen LogP contribution in [-0.2, 0) is 11.3 Å². The van der Waals surface area contributed by atoms with Gasteiger partial charge in [0.2, 0.25) is 0 Å². The number of carbonyl (C=O) groups is 1. The number of ether oxygens (including phenoxy) is 2. The van der Waals surface area contributed by atoms with Crippen molar-refractivity contribution in [1.82, 2.24) is 9.47 Å². The van der Waals surface area contributed by atoms with E-state index in [1.54, 1.807) is 0 Å². The zero-order chi connectivity index (χ0) is 28.3. The fourth-order valence-electron chi connectivity index (χ4n) is 5.93. The summed E-state index contributed by atoms with van der Waals surface area (Å²) in [5, 5.41) is 14.0. The van der Waals surface area contributed by atoms with E-state index in [1.165, 1.54) is 12.0 Å². The smallest absolute Gasteiger partial charge is 0.411 e. The largest absolute Gasteiger partial charge is 0.489 e. The van der Waals surface area contributed by atoms with Crippen molar-refractivity contribution in [2.24, 2.45) is 0 Å². The number of amides is 1. The quantitative estimate of drug-likeness (QED) is 0.246. The van der Waals surface area contributed by atoms with Crippen molar-refractivity contribution in [3.05, 3.63) is 83.9 Å². The Kier molecular flexibility index (Phi) is 7.67. The summed E-state index contributed by atoms with van der Waals surface area (Å²) in [5.74, 6) is 0.849. The van der Waals surface area contributed by atoms with Gasteiger partial charge in [0.05, 0.1) is 22.9 Å². The van der Waals surface area contributed by atoms with Gasteiger partial charge in [0.25, 0.3) is 0 Å². The Morgan fingerprint density at radius 1 is 1.05 bits per heavy atom. The van der Waals surface area contributed by atoms with Crippen LogP contribution in [0.3, 0.4) is 0 Å².